The largest absolute Gasteiger partial charge is 0.508 e. The predicted octanol–water partition coefficient (Wildman–Crippen LogP) is 3.22. The summed E-state index contributed by atoms with van der Waals surface area (Å²) in [6, 6.07) is 2.93. The first kappa shape index (κ1) is 17.7. The molecule has 3 N–H and O–H groups in total. The normalized spacial score (nSPS) is 10.3. The summed E-state index contributed by atoms with van der Waals surface area (Å²) < 4.78 is 0. The van der Waals surface area contributed by atoms with E-state index in [0.29, 0.717) is 12.1 Å². The number of non-ortho nitro benzene ring substituents is 1. The Morgan fingerprint density at radius 1 is 0.880 bits per heavy atom. The van der Waals surface area contributed by atoms with Crippen molar-refractivity contribution < 1.29 is 25.0 Å². The zero-order chi connectivity index (χ0) is 18.9. The molecule has 0 saturated carbocycles. The summed E-state index contributed by atoms with van der Waals surface area (Å²) in [6.07, 6.45) is 0. The van der Waals surface area contributed by atoms with Crippen LogP contribution in [0.1, 0.15) is 0 Å². The van der Waals surface area contributed by atoms with E-state index in [2.05, 4.69) is 5.32 Å². The third kappa shape index (κ3) is 3.48. The van der Waals surface area contributed by atoms with Crippen LogP contribution in [0.4, 0.5) is 28.4 Å². The Kier molecular flexibility index (Phi) is 4.56. The molecule has 0 aromatic heterocycles. The first-order valence-corrected chi connectivity index (χ1v) is 6.59. The zero-order valence-corrected chi connectivity index (χ0v) is 12.6. The van der Waals surface area contributed by atoms with Gasteiger partial charge >= 0.3 is 11.4 Å². The van der Waals surface area contributed by atoms with E-state index in [-0.39, 0.29) is 10.7 Å². The van der Waals surface area contributed by atoms with Crippen LogP contribution in [0.25, 0.3) is 0 Å². The van der Waals surface area contributed by atoms with Gasteiger partial charge in [-0.2, -0.15) is 0 Å². The molecule has 0 aliphatic carbocycles. The molecule has 2 aromatic carbocycles. The Morgan fingerprint density at radius 2 is 1.40 bits per heavy atom. The van der Waals surface area contributed by atoms with Crippen LogP contribution in [0.15, 0.2) is 24.3 Å². The molecule has 0 fully saturated rings. The van der Waals surface area contributed by atoms with Crippen LogP contribution in [0.3, 0.4) is 0 Å². The molecule has 12 nitrogen and oxygen atoms in total. The number of nitro benzene ring substituents is 3. The number of nitrogens with zero attached hydrogens (tertiary/aromatic N) is 3. The number of phenols is 2. The molecule has 0 aliphatic heterocycles. The lowest BCUT2D eigenvalue weighted by Gasteiger charge is -2.11. The molecule has 0 radical (unpaired) electrons. The number of aromatic hydroxyl groups is 2. The Hall–Kier alpha value is -3.67. The van der Waals surface area contributed by atoms with Gasteiger partial charge in [0.25, 0.3) is 5.69 Å². The van der Waals surface area contributed by atoms with Gasteiger partial charge in [0, 0.05) is 12.1 Å². The number of rotatable bonds is 5. The quantitative estimate of drug-likeness (QED) is 0.307. The molecule has 0 spiro atoms. The van der Waals surface area contributed by atoms with Crippen LogP contribution in [0, 0.1) is 30.3 Å². The predicted molar refractivity (Wildman–Crippen MR) is 84.5 cm³/mol. The second-order valence-corrected chi connectivity index (χ2v) is 4.99. The van der Waals surface area contributed by atoms with Gasteiger partial charge in [-0.05, 0) is 0 Å². The fourth-order valence-corrected chi connectivity index (χ4v) is 2.15. The van der Waals surface area contributed by atoms with Crippen molar-refractivity contribution in [3.63, 3.8) is 0 Å². The highest BCUT2D eigenvalue weighted by Gasteiger charge is 2.31. The maximum Gasteiger partial charge on any atom is 0.306 e. The van der Waals surface area contributed by atoms with Gasteiger partial charge in [0.1, 0.15) is 5.75 Å². The molecule has 0 saturated heterocycles. The van der Waals surface area contributed by atoms with E-state index in [1.807, 2.05) is 0 Å². The highest BCUT2D eigenvalue weighted by Crippen LogP contribution is 2.43. The fourth-order valence-electron chi connectivity index (χ4n) is 1.93. The van der Waals surface area contributed by atoms with Crippen molar-refractivity contribution in [2.24, 2.45) is 0 Å². The van der Waals surface area contributed by atoms with Gasteiger partial charge in [-0.15, -0.1) is 0 Å². The molecule has 0 unspecified atom stereocenters. The topological polar surface area (TPSA) is 182 Å². The third-order valence-electron chi connectivity index (χ3n) is 2.99. The minimum Gasteiger partial charge on any atom is -0.508 e. The molecule has 25 heavy (non-hydrogen) atoms. The number of nitro groups is 3. The summed E-state index contributed by atoms with van der Waals surface area (Å²) in [5, 5.41) is 54.3. The lowest BCUT2D eigenvalue weighted by atomic mass is 10.2. The molecule has 0 aliphatic rings. The highest BCUT2D eigenvalue weighted by molar-refractivity contribution is 6.32. The van der Waals surface area contributed by atoms with Gasteiger partial charge < -0.3 is 15.5 Å². The third-order valence-corrected chi connectivity index (χ3v) is 3.28. The summed E-state index contributed by atoms with van der Waals surface area (Å²) in [6.45, 7) is 0. The van der Waals surface area contributed by atoms with Gasteiger partial charge in [-0.1, -0.05) is 11.6 Å². The summed E-state index contributed by atoms with van der Waals surface area (Å²) >= 11 is 5.65. The molecule has 2 aromatic rings. The van der Waals surface area contributed by atoms with E-state index in [4.69, 9.17) is 11.6 Å². The molecule has 13 heteroatoms. The van der Waals surface area contributed by atoms with Crippen molar-refractivity contribution >= 4 is 40.0 Å². The fraction of sp³-hybridized carbons (Fsp3) is 0. The SMILES string of the molecule is O=[N+]([O-])c1cc([N+](=O)[O-])c(Nc2cc(O)cc(Cl)c2O)c([N+](=O)[O-])c1. The van der Waals surface area contributed by atoms with Crippen LogP contribution in [0.5, 0.6) is 11.5 Å². The van der Waals surface area contributed by atoms with Crippen molar-refractivity contribution in [3.8, 4) is 11.5 Å². The Morgan fingerprint density at radius 3 is 1.84 bits per heavy atom. The number of nitrogens with one attached hydrogen (secondary N) is 1. The van der Waals surface area contributed by atoms with Crippen molar-refractivity contribution in [1.82, 2.24) is 0 Å². The molecular formula is C12H7ClN4O8. The Balaban J connectivity index is 2.73. The van der Waals surface area contributed by atoms with Crippen LogP contribution < -0.4 is 5.32 Å². The molecule has 0 bridgehead atoms. The highest BCUT2D eigenvalue weighted by atomic mass is 35.5. The van der Waals surface area contributed by atoms with Crippen LogP contribution in [-0.4, -0.2) is 25.0 Å². The van der Waals surface area contributed by atoms with E-state index < -0.39 is 49.0 Å². The van der Waals surface area contributed by atoms with Crippen LogP contribution in [0.2, 0.25) is 5.02 Å². The summed E-state index contributed by atoms with van der Waals surface area (Å²) in [5.74, 6) is -1.07. The molecule has 2 rings (SSSR count). The number of halogens is 1. The zero-order valence-electron chi connectivity index (χ0n) is 11.9. The van der Waals surface area contributed by atoms with E-state index in [0.717, 1.165) is 12.1 Å². The van der Waals surface area contributed by atoms with Crippen molar-refractivity contribution in [2.45, 2.75) is 0 Å². The van der Waals surface area contributed by atoms with Crippen molar-refractivity contribution in [3.05, 3.63) is 59.6 Å². The number of benzene rings is 2. The van der Waals surface area contributed by atoms with E-state index >= 15 is 0 Å². The second-order valence-electron chi connectivity index (χ2n) is 4.58. The van der Waals surface area contributed by atoms with Crippen LogP contribution >= 0.6 is 11.6 Å². The van der Waals surface area contributed by atoms with Crippen LogP contribution in [-0.2, 0) is 0 Å². The maximum absolute atomic E-state index is 11.2. The van der Waals surface area contributed by atoms with Crippen molar-refractivity contribution in [2.75, 3.05) is 5.32 Å². The molecule has 0 atom stereocenters. The Bertz CT molecular complexity index is 881. The van der Waals surface area contributed by atoms with E-state index in [1.54, 1.807) is 0 Å². The van der Waals surface area contributed by atoms with Gasteiger partial charge in [-0.3, -0.25) is 30.3 Å². The van der Waals surface area contributed by atoms with E-state index in [1.165, 1.54) is 0 Å². The van der Waals surface area contributed by atoms with Crippen molar-refractivity contribution in [1.29, 1.82) is 0 Å². The summed E-state index contributed by atoms with van der Waals surface area (Å²) in [4.78, 5) is 30.0. The minimum atomic E-state index is -1.07. The lowest BCUT2D eigenvalue weighted by Crippen LogP contribution is -2.03. The maximum atomic E-state index is 11.2. The summed E-state index contributed by atoms with van der Waals surface area (Å²) in [5.41, 5.74) is -3.90. The second kappa shape index (κ2) is 6.45. The minimum absolute atomic E-state index is 0.324. The van der Waals surface area contributed by atoms with Gasteiger partial charge in [-0.25, -0.2) is 0 Å². The van der Waals surface area contributed by atoms with Gasteiger partial charge in [0.05, 0.1) is 37.6 Å². The number of anilines is 2. The first-order valence-electron chi connectivity index (χ1n) is 6.21. The van der Waals surface area contributed by atoms with Gasteiger partial charge in [0.15, 0.2) is 11.4 Å². The average Bonchev–Trinajstić information content (AvgIpc) is 2.51. The first-order chi connectivity index (χ1) is 11.6. The summed E-state index contributed by atoms with van der Waals surface area (Å²) in [7, 11) is 0. The Labute approximate surface area is 142 Å². The average molecular weight is 371 g/mol. The molecule has 0 heterocycles. The monoisotopic (exact) mass is 370 g/mol. The lowest BCUT2D eigenvalue weighted by molar-refractivity contribution is -0.401. The number of hydrogen-bond donors (Lipinski definition) is 3. The number of hydrogen-bond acceptors (Lipinski definition) is 9. The number of phenolic OH excluding ortho intramolecular Hbond substituents is 2. The molecular weight excluding hydrogens is 364 g/mol. The van der Waals surface area contributed by atoms with Gasteiger partial charge in [0.2, 0.25) is 0 Å². The molecule has 130 valence electrons. The smallest absolute Gasteiger partial charge is 0.306 e. The molecule has 0 amide bonds. The standard InChI is InChI=1S/C12H7ClN4O8/c13-7-3-6(18)4-8(12(7)19)14-11-9(16(22)23)1-5(15(20)21)2-10(11)17(24)25/h1-4,14,18-19H. The van der Waals surface area contributed by atoms with E-state index in [9.17, 15) is 40.6 Å².